The van der Waals surface area contributed by atoms with E-state index in [0.29, 0.717) is 23.6 Å². The summed E-state index contributed by atoms with van der Waals surface area (Å²) in [5, 5.41) is 3.09. The molecule has 0 radical (unpaired) electrons. The van der Waals surface area contributed by atoms with Crippen molar-refractivity contribution in [3.05, 3.63) is 65.7 Å². The zero-order valence-corrected chi connectivity index (χ0v) is 16.1. The Morgan fingerprint density at radius 3 is 2.52 bits per heavy atom. The molecule has 1 saturated carbocycles. The van der Waals surface area contributed by atoms with Crippen molar-refractivity contribution in [3.63, 3.8) is 0 Å². The number of carbonyl (C=O) groups is 1. The Balaban J connectivity index is 1.72. The van der Waals surface area contributed by atoms with Gasteiger partial charge in [-0.2, -0.15) is 0 Å². The highest BCUT2D eigenvalue weighted by Gasteiger charge is 2.25. The summed E-state index contributed by atoms with van der Waals surface area (Å²) in [5.74, 6) is 0.0103. The molecule has 0 saturated heterocycles. The van der Waals surface area contributed by atoms with Crippen molar-refractivity contribution >= 4 is 15.7 Å². The Bertz CT molecular complexity index is 881. The lowest BCUT2D eigenvalue weighted by molar-refractivity contribution is 0.0908. The number of hydrogen-bond donors (Lipinski definition) is 2. The van der Waals surface area contributed by atoms with Crippen LogP contribution in [-0.2, 0) is 15.6 Å². The van der Waals surface area contributed by atoms with Crippen LogP contribution in [-0.4, -0.2) is 26.9 Å². The third kappa shape index (κ3) is 4.96. The first kappa shape index (κ1) is 19.6. The van der Waals surface area contributed by atoms with E-state index in [4.69, 9.17) is 5.73 Å². The molecule has 0 bridgehead atoms. The molecule has 0 heterocycles. The maximum absolute atomic E-state index is 12.7. The van der Waals surface area contributed by atoms with Gasteiger partial charge < -0.3 is 11.1 Å². The van der Waals surface area contributed by atoms with E-state index >= 15 is 0 Å². The fourth-order valence-electron chi connectivity index (χ4n) is 3.66. The molecule has 2 unspecified atom stereocenters. The van der Waals surface area contributed by atoms with Crippen LogP contribution in [0.3, 0.4) is 0 Å². The lowest BCUT2D eigenvalue weighted by Crippen LogP contribution is -2.44. The molecule has 0 aromatic heterocycles. The van der Waals surface area contributed by atoms with Crippen LogP contribution in [0, 0.1) is 5.92 Å². The van der Waals surface area contributed by atoms with Gasteiger partial charge in [0.05, 0.1) is 10.6 Å². The van der Waals surface area contributed by atoms with Crippen LogP contribution < -0.4 is 11.1 Å². The molecule has 2 atom stereocenters. The standard InChI is InChI=1S/C21H26N2O3S/c22-14-18-8-4-5-12-20(18)23-21(24)17-9-6-7-16(13-17)15-27(25,26)19-10-2-1-3-11-19/h1-3,6-7,9-11,13,18,20H,4-5,8,12,14-15,22H2,(H,23,24). The molecule has 144 valence electrons. The Kier molecular flexibility index (Phi) is 6.29. The fourth-order valence-corrected chi connectivity index (χ4v) is 5.02. The number of nitrogens with two attached hydrogens (primary N) is 1. The zero-order chi connectivity index (χ0) is 19.3. The van der Waals surface area contributed by atoms with Gasteiger partial charge in [-0.15, -0.1) is 0 Å². The predicted octanol–water partition coefficient (Wildman–Crippen LogP) is 2.91. The number of nitrogens with one attached hydrogen (secondary N) is 1. The van der Waals surface area contributed by atoms with Crippen molar-refractivity contribution in [2.45, 2.75) is 42.4 Å². The van der Waals surface area contributed by atoms with Crippen LogP contribution in [0.1, 0.15) is 41.6 Å². The SMILES string of the molecule is NCC1CCCCC1NC(=O)c1cccc(CS(=O)(=O)c2ccccc2)c1. The molecule has 3 rings (SSSR count). The van der Waals surface area contributed by atoms with E-state index < -0.39 is 9.84 Å². The molecular weight excluding hydrogens is 360 g/mol. The normalized spacial score (nSPS) is 20.2. The van der Waals surface area contributed by atoms with Gasteiger partial charge in [0.2, 0.25) is 0 Å². The Hall–Kier alpha value is -2.18. The Morgan fingerprint density at radius 1 is 1.04 bits per heavy atom. The topological polar surface area (TPSA) is 89.3 Å². The Morgan fingerprint density at radius 2 is 1.78 bits per heavy atom. The second-order valence-corrected chi connectivity index (χ2v) is 9.12. The highest BCUT2D eigenvalue weighted by atomic mass is 32.2. The van der Waals surface area contributed by atoms with E-state index in [-0.39, 0.29) is 22.6 Å². The molecule has 2 aromatic carbocycles. The summed E-state index contributed by atoms with van der Waals surface area (Å²) in [6, 6.07) is 15.3. The highest BCUT2D eigenvalue weighted by molar-refractivity contribution is 7.90. The molecule has 1 aliphatic rings. The lowest BCUT2D eigenvalue weighted by atomic mass is 9.84. The van der Waals surface area contributed by atoms with E-state index in [1.54, 1.807) is 54.6 Å². The summed E-state index contributed by atoms with van der Waals surface area (Å²) in [7, 11) is -3.44. The molecule has 5 nitrogen and oxygen atoms in total. The Labute approximate surface area is 160 Å². The summed E-state index contributed by atoms with van der Waals surface area (Å²) in [4.78, 5) is 12.9. The molecule has 0 aliphatic heterocycles. The number of rotatable bonds is 6. The van der Waals surface area contributed by atoms with Crippen molar-refractivity contribution in [2.24, 2.45) is 11.7 Å². The third-order valence-electron chi connectivity index (χ3n) is 5.18. The van der Waals surface area contributed by atoms with Crippen molar-refractivity contribution in [3.8, 4) is 0 Å². The van der Waals surface area contributed by atoms with Crippen molar-refractivity contribution in [2.75, 3.05) is 6.54 Å². The van der Waals surface area contributed by atoms with Gasteiger partial charge in [0.1, 0.15) is 0 Å². The van der Waals surface area contributed by atoms with Crippen molar-refractivity contribution in [1.29, 1.82) is 0 Å². The van der Waals surface area contributed by atoms with Gasteiger partial charge in [-0.05, 0) is 55.1 Å². The number of benzene rings is 2. The van der Waals surface area contributed by atoms with E-state index in [9.17, 15) is 13.2 Å². The van der Waals surface area contributed by atoms with E-state index in [1.807, 2.05) is 0 Å². The molecule has 0 spiro atoms. The molecule has 27 heavy (non-hydrogen) atoms. The molecule has 3 N–H and O–H groups in total. The maximum atomic E-state index is 12.7. The third-order valence-corrected chi connectivity index (χ3v) is 6.88. The summed E-state index contributed by atoms with van der Waals surface area (Å²) in [5.41, 5.74) is 6.92. The molecule has 2 aromatic rings. The van der Waals surface area contributed by atoms with Gasteiger partial charge in [0, 0.05) is 11.6 Å². The van der Waals surface area contributed by atoms with Gasteiger partial charge in [-0.1, -0.05) is 43.2 Å². The van der Waals surface area contributed by atoms with Crippen LogP contribution in [0.4, 0.5) is 0 Å². The summed E-state index contributed by atoms with van der Waals surface area (Å²) >= 11 is 0. The van der Waals surface area contributed by atoms with Crippen LogP contribution in [0.2, 0.25) is 0 Å². The summed E-state index contributed by atoms with van der Waals surface area (Å²) < 4.78 is 25.1. The molecule has 6 heteroatoms. The van der Waals surface area contributed by atoms with E-state index in [1.165, 1.54) is 0 Å². The average Bonchev–Trinajstić information content (AvgIpc) is 2.69. The van der Waals surface area contributed by atoms with Gasteiger partial charge in [0.15, 0.2) is 9.84 Å². The second kappa shape index (κ2) is 8.67. The van der Waals surface area contributed by atoms with Crippen molar-refractivity contribution < 1.29 is 13.2 Å². The van der Waals surface area contributed by atoms with Crippen LogP contribution in [0.15, 0.2) is 59.5 Å². The number of hydrogen-bond acceptors (Lipinski definition) is 4. The van der Waals surface area contributed by atoms with Gasteiger partial charge in [-0.25, -0.2) is 8.42 Å². The first-order valence-electron chi connectivity index (χ1n) is 9.37. The smallest absolute Gasteiger partial charge is 0.251 e. The average molecular weight is 387 g/mol. The molecular formula is C21H26N2O3S. The van der Waals surface area contributed by atoms with Gasteiger partial charge in [-0.3, -0.25) is 4.79 Å². The monoisotopic (exact) mass is 386 g/mol. The lowest BCUT2D eigenvalue weighted by Gasteiger charge is -2.31. The number of amides is 1. The molecule has 1 aliphatic carbocycles. The van der Waals surface area contributed by atoms with Crippen LogP contribution in [0.5, 0.6) is 0 Å². The predicted molar refractivity (Wildman–Crippen MR) is 106 cm³/mol. The van der Waals surface area contributed by atoms with Gasteiger partial charge in [0.25, 0.3) is 5.91 Å². The maximum Gasteiger partial charge on any atom is 0.251 e. The van der Waals surface area contributed by atoms with E-state index in [2.05, 4.69) is 5.32 Å². The minimum absolute atomic E-state index is 0.0907. The zero-order valence-electron chi connectivity index (χ0n) is 15.3. The summed E-state index contributed by atoms with van der Waals surface area (Å²) in [6.45, 7) is 0.570. The second-order valence-electron chi connectivity index (χ2n) is 7.13. The minimum Gasteiger partial charge on any atom is -0.349 e. The first-order valence-corrected chi connectivity index (χ1v) is 11.0. The van der Waals surface area contributed by atoms with E-state index in [0.717, 1.165) is 25.7 Å². The summed E-state index contributed by atoms with van der Waals surface area (Å²) in [6.07, 6.45) is 4.23. The van der Waals surface area contributed by atoms with Gasteiger partial charge >= 0.3 is 0 Å². The minimum atomic E-state index is -3.44. The number of sulfone groups is 1. The first-order chi connectivity index (χ1) is 13.0. The van der Waals surface area contributed by atoms with Crippen LogP contribution in [0.25, 0.3) is 0 Å². The highest BCUT2D eigenvalue weighted by Crippen LogP contribution is 2.24. The fraction of sp³-hybridized carbons (Fsp3) is 0.381. The molecule has 1 fully saturated rings. The van der Waals surface area contributed by atoms with Crippen LogP contribution >= 0.6 is 0 Å². The largest absolute Gasteiger partial charge is 0.349 e. The quantitative estimate of drug-likeness (QED) is 0.799. The molecule has 1 amide bonds. The number of carbonyl (C=O) groups excluding carboxylic acids is 1. The van der Waals surface area contributed by atoms with Crippen molar-refractivity contribution in [1.82, 2.24) is 5.32 Å².